The van der Waals surface area contributed by atoms with Crippen molar-refractivity contribution in [3.63, 3.8) is 0 Å². The van der Waals surface area contributed by atoms with Crippen molar-refractivity contribution in [2.75, 3.05) is 20.2 Å². The highest BCUT2D eigenvalue weighted by atomic mass is 16.5. The lowest BCUT2D eigenvalue weighted by Crippen LogP contribution is -2.35. The predicted molar refractivity (Wildman–Crippen MR) is 136 cm³/mol. The smallest absolute Gasteiger partial charge is 0.225 e. The minimum atomic E-state index is -0.342. The molecule has 35 heavy (non-hydrogen) atoms. The normalized spacial score (nSPS) is 16.4. The number of aromatic amines is 1. The van der Waals surface area contributed by atoms with Gasteiger partial charge in [-0.2, -0.15) is 0 Å². The first-order valence-electron chi connectivity index (χ1n) is 11.9. The van der Waals surface area contributed by atoms with Crippen LogP contribution in [0.2, 0.25) is 0 Å². The van der Waals surface area contributed by atoms with Gasteiger partial charge >= 0.3 is 0 Å². The van der Waals surface area contributed by atoms with Crippen LogP contribution in [0, 0.1) is 5.92 Å². The second-order valence-corrected chi connectivity index (χ2v) is 9.02. The van der Waals surface area contributed by atoms with Gasteiger partial charge in [-0.05, 0) is 34.9 Å². The summed E-state index contributed by atoms with van der Waals surface area (Å²) in [6, 6.07) is 26.0. The maximum Gasteiger partial charge on any atom is 0.225 e. The molecule has 6 heteroatoms. The van der Waals surface area contributed by atoms with Crippen LogP contribution in [0.25, 0.3) is 10.9 Å². The van der Waals surface area contributed by atoms with Gasteiger partial charge < -0.3 is 19.9 Å². The number of hydrogen-bond acceptors (Lipinski definition) is 3. The van der Waals surface area contributed by atoms with Gasteiger partial charge in [-0.25, -0.2) is 0 Å². The van der Waals surface area contributed by atoms with Crippen molar-refractivity contribution in [3.05, 3.63) is 102 Å². The van der Waals surface area contributed by atoms with Crippen molar-refractivity contribution in [1.82, 2.24) is 15.2 Å². The molecule has 0 bridgehead atoms. The maximum absolute atomic E-state index is 13.1. The van der Waals surface area contributed by atoms with E-state index in [0.29, 0.717) is 19.6 Å². The van der Waals surface area contributed by atoms with Gasteiger partial charge in [0.25, 0.3) is 0 Å². The van der Waals surface area contributed by atoms with E-state index in [4.69, 9.17) is 4.74 Å². The average molecular weight is 468 g/mol. The number of fused-ring (bicyclic) bond motifs is 1. The van der Waals surface area contributed by atoms with Gasteiger partial charge in [0.1, 0.15) is 5.75 Å². The summed E-state index contributed by atoms with van der Waals surface area (Å²) in [6.45, 7) is 1.42. The average Bonchev–Trinajstić information content (AvgIpc) is 3.49. The zero-order valence-corrected chi connectivity index (χ0v) is 19.7. The predicted octanol–water partition coefficient (Wildman–Crippen LogP) is 4.47. The van der Waals surface area contributed by atoms with Gasteiger partial charge in [-0.1, -0.05) is 60.7 Å². The molecule has 0 saturated carbocycles. The Balaban J connectivity index is 1.31. The van der Waals surface area contributed by atoms with Crippen molar-refractivity contribution in [1.29, 1.82) is 0 Å². The highest BCUT2D eigenvalue weighted by Gasteiger charge is 2.34. The number of methoxy groups -OCH3 is 1. The highest BCUT2D eigenvalue weighted by Crippen LogP contribution is 2.31. The van der Waals surface area contributed by atoms with Crippen molar-refractivity contribution >= 4 is 22.7 Å². The Morgan fingerprint density at radius 1 is 1.06 bits per heavy atom. The monoisotopic (exact) mass is 467 g/mol. The first-order valence-corrected chi connectivity index (χ1v) is 11.9. The molecule has 1 aliphatic heterocycles. The van der Waals surface area contributed by atoms with Crippen LogP contribution in [0.4, 0.5) is 0 Å². The van der Waals surface area contributed by atoms with E-state index in [0.717, 1.165) is 33.3 Å². The summed E-state index contributed by atoms with van der Waals surface area (Å²) in [4.78, 5) is 30.8. The number of amides is 2. The highest BCUT2D eigenvalue weighted by molar-refractivity contribution is 5.89. The summed E-state index contributed by atoms with van der Waals surface area (Å²) in [6.07, 6.45) is 2.27. The first kappa shape index (κ1) is 22.7. The number of benzene rings is 3. The number of aromatic nitrogens is 1. The maximum atomic E-state index is 13.1. The van der Waals surface area contributed by atoms with Crippen LogP contribution >= 0.6 is 0 Å². The number of nitrogens with zero attached hydrogens (tertiary/aromatic N) is 1. The second kappa shape index (κ2) is 10.1. The fourth-order valence-corrected chi connectivity index (χ4v) is 4.88. The Labute approximate surface area is 204 Å². The molecule has 2 heterocycles. The van der Waals surface area contributed by atoms with E-state index in [-0.39, 0.29) is 30.1 Å². The van der Waals surface area contributed by atoms with Gasteiger partial charge in [-0.15, -0.1) is 0 Å². The number of rotatable bonds is 8. The third kappa shape index (κ3) is 4.92. The van der Waals surface area contributed by atoms with Gasteiger partial charge in [0.2, 0.25) is 11.8 Å². The SMILES string of the molecule is COc1ccc(C(CNC(=O)C2CC(=O)N(Cc3ccccc3)C2)c2c[nH]c3ccccc23)cc1. The number of nitrogens with one attached hydrogen (secondary N) is 2. The number of ether oxygens (including phenoxy) is 1. The molecule has 4 aromatic rings. The topological polar surface area (TPSA) is 74.4 Å². The number of likely N-dealkylation sites (tertiary alicyclic amines) is 1. The molecule has 6 nitrogen and oxygen atoms in total. The fraction of sp³-hybridized carbons (Fsp3) is 0.241. The Bertz CT molecular complexity index is 1310. The number of carbonyl (C=O) groups is 2. The Morgan fingerprint density at radius 2 is 1.80 bits per heavy atom. The lowest BCUT2D eigenvalue weighted by atomic mass is 9.90. The molecular formula is C29H29N3O3. The van der Waals surface area contributed by atoms with E-state index in [9.17, 15) is 9.59 Å². The third-order valence-corrected chi connectivity index (χ3v) is 6.80. The summed E-state index contributed by atoms with van der Waals surface area (Å²) in [7, 11) is 1.65. The number of carbonyl (C=O) groups excluding carboxylic acids is 2. The Morgan fingerprint density at radius 3 is 2.57 bits per heavy atom. The molecule has 1 saturated heterocycles. The zero-order chi connectivity index (χ0) is 24.2. The summed E-state index contributed by atoms with van der Waals surface area (Å²) < 4.78 is 5.33. The molecule has 1 fully saturated rings. The minimum Gasteiger partial charge on any atom is -0.497 e. The van der Waals surface area contributed by atoms with Gasteiger partial charge in [0, 0.05) is 49.1 Å². The summed E-state index contributed by atoms with van der Waals surface area (Å²) in [5.41, 5.74) is 4.34. The molecule has 2 atom stereocenters. The van der Waals surface area contributed by atoms with Gasteiger partial charge in [-0.3, -0.25) is 9.59 Å². The number of H-pyrrole nitrogens is 1. The van der Waals surface area contributed by atoms with Crippen molar-refractivity contribution in [2.45, 2.75) is 18.9 Å². The van der Waals surface area contributed by atoms with E-state index in [2.05, 4.69) is 16.4 Å². The molecule has 5 rings (SSSR count). The molecular weight excluding hydrogens is 438 g/mol. The molecule has 0 radical (unpaired) electrons. The van der Waals surface area contributed by atoms with Crippen molar-refractivity contribution in [2.24, 2.45) is 5.92 Å². The molecule has 0 spiro atoms. The largest absolute Gasteiger partial charge is 0.497 e. The van der Waals surface area contributed by atoms with Crippen LogP contribution in [0.3, 0.4) is 0 Å². The van der Waals surface area contributed by atoms with E-state index in [1.165, 1.54) is 0 Å². The van der Waals surface area contributed by atoms with Crippen molar-refractivity contribution < 1.29 is 14.3 Å². The summed E-state index contributed by atoms with van der Waals surface area (Å²) in [5, 5.41) is 4.28. The molecule has 2 N–H and O–H groups in total. The lowest BCUT2D eigenvalue weighted by Gasteiger charge is -2.20. The van der Waals surface area contributed by atoms with Crippen LogP contribution < -0.4 is 10.1 Å². The van der Waals surface area contributed by atoms with E-state index >= 15 is 0 Å². The molecule has 2 amide bonds. The van der Waals surface area contributed by atoms with E-state index in [1.54, 1.807) is 12.0 Å². The molecule has 1 aliphatic rings. The first-order chi connectivity index (χ1) is 17.1. The summed E-state index contributed by atoms with van der Waals surface area (Å²) in [5.74, 6) is 0.354. The minimum absolute atomic E-state index is 0.0253. The standard InChI is InChI=1S/C29H29N3O3/c1-35-23-13-11-21(12-14-23)25(26-17-30-27-10-6-5-9-24(26)27)16-31-29(34)22-15-28(33)32(19-22)18-20-7-3-2-4-8-20/h2-14,17,22,25,30H,15-16,18-19H2,1H3,(H,31,34). The summed E-state index contributed by atoms with van der Waals surface area (Å²) >= 11 is 0. The fourth-order valence-electron chi connectivity index (χ4n) is 4.88. The lowest BCUT2D eigenvalue weighted by molar-refractivity contribution is -0.129. The number of para-hydroxylation sites is 1. The Hall–Kier alpha value is -4.06. The van der Waals surface area contributed by atoms with Crippen LogP contribution in [0.1, 0.15) is 29.0 Å². The zero-order valence-electron chi connectivity index (χ0n) is 19.7. The second-order valence-electron chi connectivity index (χ2n) is 9.02. The molecule has 3 aromatic carbocycles. The Kier molecular flexibility index (Phi) is 6.53. The van der Waals surface area contributed by atoms with Gasteiger partial charge in [0.15, 0.2) is 0 Å². The van der Waals surface area contributed by atoms with Crippen LogP contribution in [-0.2, 0) is 16.1 Å². The molecule has 178 valence electrons. The number of hydrogen-bond donors (Lipinski definition) is 2. The van der Waals surface area contributed by atoms with Crippen LogP contribution in [0.5, 0.6) is 5.75 Å². The quantitative estimate of drug-likeness (QED) is 0.401. The van der Waals surface area contributed by atoms with Crippen LogP contribution in [0.15, 0.2) is 85.1 Å². The molecule has 1 aromatic heterocycles. The van der Waals surface area contributed by atoms with E-state index in [1.807, 2.05) is 79.0 Å². The third-order valence-electron chi connectivity index (χ3n) is 6.80. The molecule has 2 unspecified atom stereocenters. The van der Waals surface area contributed by atoms with Crippen LogP contribution in [-0.4, -0.2) is 41.9 Å². The van der Waals surface area contributed by atoms with Crippen molar-refractivity contribution in [3.8, 4) is 5.75 Å². The molecule has 0 aliphatic carbocycles. The van der Waals surface area contributed by atoms with Gasteiger partial charge in [0.05, 0.1) is 13.0 Å². The van der Waals surface area contributed by atoms with E-state index < -0.39 is 0 Å².